The molecule has 0 bridgehead atoms. The summed E-state index contributed by atoms with van der Waals surface area (Å²) in [6, 6.07) is 11.0. The van der Waals surface area contributed by atoms with Gasteiger partial charge in [-0.05, 0) is 31.9 Å². The number of halogens is 1. The first-order valence-electron chi connectivity index (χ1n) is 9.26. The van der Waals surface area contributed by atoms with Gasteiger partial charge in [0, 0.05) is 38.0 Å². The van der Waals surface area contributed by atoms with Crippen molar-refractivity contribution in [1.29, 1.82) is 0 Å². The number of benzene rings is 1. The number of anilines is 1. The van der Waals surface area contributed by atoms with Gasteiger partial charge < -0.3 is 20.3 Å². The first kappa shape index (κ1) is 22.0. The Hall–Kier alpha value is -1.02. The van der Waals surface area contributed by atoms with Crippen LogP contribution in [0.5, 0.6) is 0 Å². The number of para-hydroxylation sites is 1. The molecule has 0 amide bonds. The zero-order valence-corrected chi connectivity index (χ0v) is 17.9. The molecule has 6 heteroatoms. The van der Waals surface area contributed by atoms with Crippen molar-refractivity contribution >= 4 is 35.6 Å². The Bertz CT molecular complexity index is 484. The minimum absolute atomic E-state index is 0. The van der Waals surface area contributed by atoms with E-state index in [1.807, 2.05) is 0 Å². The number of hydrogen-bond acceptors (Lipinski definition) is 3. The molecular formula is C19H33IN4O. The van der Waals surface area contributed by atoms with Crippen molar-refractivity contribution in [3.05, 3.63) is 30.3 Å². The minimum atomic E-state index is 0. The van der Waals surface area contributed by atoms with Crippen LogP contribution in [0.4, 0.5) is 5.69 Å². The molecule has 2 N–H and O–H groups in total. The Morgan fingerprint density at radius 1 is 1.24 bits per heavy atom. The number of rotatable bonds is 9. The first-order chi connectivity index (χ1) is 11.8. The quantitative estimate of drug-likeness (QED) is 0.257. The number of nitrogens with one attached hydrogen (secondary N) is 2. The summed E-state index contributed by atoms with van der Waals surface area (Å²) < 4.78 is 5.58. The first-order valence-corrected chi connectivity index (χ1v) is 9.26. The predicted octanol–water partition coefficient (Wildman–Crippen LogP) is 3.26. The third kappa shape index (κ3) is 8.27. The van der Waals surface area contributed by atoms with E-state index in [4.69, 9.17) is 4.74 Å². The van der Waals surface area contributed by atoms with Crippen LogP contribution in [-0.4, -0.2) is 51.4 Å². The van der Waals surface area contributed by atoms with E-state index in [9.17, 15) is 0 Å². The molecule has 1 fully saturated rings. The molecule has 2 rings (SSSR count). The predicted molar refractivity (Wildman–Crippen MR) is 117 cm³/mol. The van der Waals surface area contributed by atoms with Gasteiger partial charge in [-0.25, -0.2) is 0 Å². The van der Waals surface area contributed by atoms with Gasteiger partial charge in [0.05, 0.1) is 13.2 Å². The molecule has 5 nitrogen and oxygen atoms in total. The second-order valence-electron chi connectivity index (χ2n) is 6.14. The SMILES string of the molecule is CCCCOCCN=C(NCC)NC1CCN(c2ccccc2)C1.I. The van der Waals surface area contributed by atoms with Crippen molar-refractivity contribution in [2.75, 3.05) is 44.3 Å². The molecule has 1 aliphatic rings. The summed E-state index contributed by atoms with van der Waals surface area (Å²) in [5, 5.41) is 6.89. The smallest absolute Gasteiger partial charge is 0.191 e. The van der Waals surface area contributed by atoms with E-state index in [-0.39, 0.29) is 24.0 Å². The maximum absolute atomic E-state index is 5.58. The molecule has 1 aliphatic heterocycles. The molecule has 1 saturated heterocycles. The van der Waals surface area contributed by atoms with E-state index in [1.54, 1.807) is 0 Å². The second kappa shape index (κ2) is 13.2. The van der Waals surface area contributed by atoms with Gasteiger partial charge in [-0.15, -0.1) is 24.0 Å². The number of nitrogens with zero attached hydrogens (tertiary/aromatic N) is 2. The highest BCUT2D eigenvalue weighted by Crippen LogP contribution is 2.19. The van der Waals surface area contributed by atoms with Crippen molar-refractivity contribution in [2.45, 2.75) is 39.2 Å². The standard InChI is InChI=1S/C19H32N4O.HI/c1-3-5-14-24-15-12-21-19(20-4-2)22-17-11-13-23(16-17)18-9-7-6-8-10-18;/h6-10,17H,3-5,11-16H2,1-2H3,(H2,20,21,22);1H. The van der Waals surface area contributed by atoms with Gasteiger partial charge in [0.15, 0.2) is 5.96 Å². The van der Waals surface area contributed by atoms with E-state index in [0.717, 1.165) is 45.0 Å². The fourth-order valence-electron chi connectivity index (χ4n) is 2.84. The molecule has 1 heterocycles. The van der Waals surface area contributed by atoms with Crippen LogP contribution in [0.25, 0.3) is 0 Å². The normalized spacial score (nSPS) is 17.3. The van der Waals surface area contributed by atoms with Crippen molar-refractivity contribution in [3.8, 4) is 0 Å². The lowest BCUT2D eigenvalue weighted by atomic mass is 10.3. The van der Waals surface area contributed by atoms with E-state index < -0.39 is 0 Å². The van der Waals surface area contributed by atoms with Gasteiger partial charge in [-0.3, -0.25) is 4.99 Å². The summed E-state index contributed by atoms with van der Waals surface area (Å²) in [4.78, 5) is 7.05. The number of guanidine groups is 1. The Morgan fingerprint density at radius 3 is 2.76 bits per heavy atom. The lowest BCUT2D eigenvalue weighted by Gasteiger charge is -2.20. The third-order valence-corrected chi connectivity index (χ3v) is 4.14. The maximum Gasteiger partial charge on any atom is 0.191 e. The fraction of sp³-hybridized carbons (Fsp3) is 0.632. The molecule has 1 aromatic rings. The topological polar surface area (TPSA) is 48.9 Å². The molecule has 1 aromatic carbocycles. The molecule has 0 spiro atoms. The Morgan fingerprint density at radius 2 is 2.04 bits per heavy atom. The molecule has 0 aromatic heterocycles. The van der Waals surface area contributed by atoms with Crippen LogP contribution in [0.1, 0.15) is 33.1 Å². The highest BCUT2D eigenvalue weighted by atomic mass is 127. The minimum Gasteiger partial charge on any atom is -0.380 e. The van der Waals surface area contributed by atoms with Gasteiger partial charge in [-0.2, -0.15) is 0 Å². The Balaban J connectivity index is 0.00000312. The van der Waals surface area contributed by atoms with Crippen LogP contribution in [0, 0.1) is 0 Å². The molecule has 0 radical (unpaired) electrons. The highest BCUT2D eigenvalue weighted by molar-refractivity contribution is 14.0. The van der Waals surface area contributed by atoms with Crippen LogP contribution in [0.15, 0.2) is 35.3 Å². The van der Waals surface area contributed by atoms with Crippen molar-refractivity contribution in [3.63, 3.8) is 0 Å². The fourth-order valence-corrected chi connectivity index (χ4v) is 2.84. The molecular weight excluding hydrogens is 427 g/mol. The average molecular weight is 460 g/mol. The van der Waals surface area contributed by atoms with Crippen LogP contribution in [0.3, 0.4) is 0 Å². The van der Waals surface area contributed by atoms with Crippen LogP contribution >= 0.6 is 24.0 Å². The third-order valence-electron chi connectivity index (χ3n) is 4.14. The number of unbranched alkanes of at least 4 members (excludes halogenated alkanes) is 1. The summed E-state index contributed by atoms with van der Waals surface area (Å²) >= 11 is 0. The van der Waals surface area contributed by atoms with Gasteiger partial charge >= 0.3 is 0 Å². The molecule has 1 unspecified atom stereocenters. The van der Waals surface area contributed by atoms with E-state index in [2.05, 4.69) is 64.7 Å². The lowest BCUT2D eigenvalue weighted by Crippen LogP contribution is -2.44. The molecule has 25 heavy (non-hydrogen) atoms. The summed E-state index contributed by atoms with van der Waals surface area (Å²) in [5.41, 5.74) is 1.30. The van der Waals surface area contributed by atoms with Crippen LogP contribution < -0.4 is 15.5 Å². The van der Waals surface area contributed by atoms with Gasteiger partial charge in [0.1, 0.15) is 0 Å². The van der Waals surface area contributed by atoms with Crippen molar-refractivity contribution in [2.24, 2.45) is 4.99 Å². The molecule has 142 valence electrons. The summed E-state index contributed by atoms with van der Waals surface area (Å²) in [5.74, 6) is 0.900. The maximum atomic E-state index is 5.58. The average Bonchev–Trinajstić information content (AvgIpc) is 3.07. The Kier molecular flexibility index (Phi) is 11.6. The van der Waals surface area contributed by atoms with Crippen LogP contribution in [0.2, 0.25) is 0 Å². The van der Waals surface area contributed by atoms with Gasteiger partial charge in [0.25, 0.3) is 0 Å². The van der Waals surface area contributed by atoms with E-state index in [0.29, 0.717) is 19.2 Å². The van der Waals surface area contributed by atoms with Gasteiger partial charge in [-0.1, -0.05) is 31.5 Å². The summed E-state index contributed by atoms with van der Waals surface area (Å²) in [6.45, 7) is 9.48. The van der Waals surface area contributed by atoms with Crippen molar-refractivity contribution < 1.29 is 4.74 Å². The number of ether oxygens (including phenoxy) is 1. The zero-order chi connectivity index (χ0) is 17.0. The monoisotopic (exact) mass is 460 g/mol. The number of hydrogen-bond donors (Lipinski definition) is 2. The van der Waals surface area contributed by atoms with Gasteiger partial charge in [0.2, 0.25) is 0 Å². The van der Waals surface area contributed by atoms with E-state index >= 15 is 0 Å². The van der Waals surface area contributed by atoms with Crippen LogP contribution in [-0.2, 0) is 4.74 Å². The zero-order valence-electron chi connectivity index (χ0n) is 15.5. The second-order valence-corrected chi connectivity index (χ2v) is 6.14. The summed E-state index contributed by atoms with van der Waals surface area (Å²) in [6.07, 6.45) is 3.43. The van der Waals surface area contributed by atoms with Crippen molar-refractivity contribution in [1.82, 2.24) is 10.6 Å². The number of aliphatic imine (C=N–C) groups is 1. The molecule has 1 atom stereocenters. The molecule has 0 saturated carbocycles. The van der Waals surface area contributed by atoms with E-state index in [1.165, 1.54) is 12.1 Å². The lowest BCUT2D eigenvalue weighted by molar-refractivity contribution is 0.139. The molecule has 0 aliphatic carbocycles. The summed E-state index contributed by atoms with van der Waals surface area (Å²) in [7, 11) is 0. The highest BCUT2D eigenvalue weighted by Gasteiger charge is 2.23. The largest absolute Gasteiger partial charge is 0.380 e. The Labute approximate surface area is 169 Å².